The van der Waals surface area contributed by atoms with Crippen LogP contribution < -0.4 is 16.0 Å². The van der Waals surface area contributed by atoms with Gasteiger partial charge in [0.2, 0.25) is 0 Å². The van der Waals surface area contributed by atoms with E-state index in [2.05, 4.69) is 10.3 Å². The number of aliphatic carboxylic acids is 1. The maximum atomic E-state index is 12.8. The molecule has 28 heavy (non-hydrogen) atoms. The maximum absolute atomic E-state index is 12.8. The molecule has 7 nitrogen and oxygen atoms in total. The number of anilines is 1. The van der Waals surface area contributed by atoms with E-state index in [1.54, 1.807) is 13.8 Å². The van der Waals surface area contributed by atoms with Gasteiger partial charge in [-0.3, -0.25) is 14.2 Å². The fourth-order valence-electron chi connectivity index (χ4n) is 3.19. The first kappa shape index (κ1) is 19.8. The molecule has 3 aromatic rings. The largest absolute Gasteiger partial charge is 0.548 e. The molecule has 0 spiro atoms. The number of benzene rings is 1. The fraction of sp³-hybridized carbons (Fsp3) is 0.300. The molecule has 0 radical (unpaired) electrons. The van der Waals surface area contributed by atoms with Crippen LogP contribution >= 0.6 is 11.3 Å². The number of thiophene rings is 1. The average molecular weight is 398 g/mol. The molecule has 0 bridgehead atoms. The van der Waals surface area contributed by atoms with Gasteiger partial charge < -0.3 is 15.2 Å². The topological polar surface area (TPSA) is 104 Å². The molecule has 2 heterocycles. The van der Waals surface area contributed by atoms with Crippen LogP contribution in [0, 0.1) is 20.8 Å². The molecular formula is C20H20N3O4S-. The molecule has 1 atom stereocenters. The first-order chi connectivity index (χ1) is 13.2. The molecular weight excluding hydrogens is 378 g/mol. The van der Waals surface area contributed by atoms with Gasteiger partial charge in [-0.1, -0.05) is 24.6 Å². The number of fused-ring (bicyclic) bond motifs is 1. The van der Waals surface area contributed by atoms with Crippen molar-refractivity contribution in [2.24, 2.45) is 0 Å². The first-order valence-corrected chi connectivity index (χ1v) is 9.66. The predicted octanol–water partition coefficient (Wildman–Crippen LogP) is 2.34. The number of hydrogen-bond acceptors (Lipinski definition) is 6. The van der Waals surface area contributed by atoms with Crippen molar-refractivity contribution in [3.8, 4) is 0 Å². The summed E-state index contributed by atoms with van der Waals surface area (Å²) in [5, 5.41) is 14.5. The third-order valence-electron chi connectivity index (χ3n) is 4.71. The second-order valence-electron chi connectivity index (χ2n) is 6.71. The molecule has 0 aliphatic carbocycles. The van der Waals surface area contributed by atoms with Gasteiger partial charge in [0.25, 0.3) is 11.5 Å². The lowest BCUT2D eigenvalue weighted by molar-refractivity contribution is -0.310. The van der Waals surface area contributed by atoms with Crippen LogP contribution in [0.4, 0.5) is 5.69 Å². The Labute approximate surface area is 165 Å². The van der Waals surface area contributed by atoms with Crippen molar-refractivity contribution in [2.45, 2.75) is 40.2 Å². The maximum Gasteiger partial charge on any atom is 0.266 e. The highest BCUT2D eigenvalue weighted by Gasteiger charge is 2.22. The molecule has 0 saturated heterocycles. The highest BCUT2D eigenvalue weighted by atomic mass is 32.1. The molecule has 0 aliphatic rings. The number of aromatic nitrogens is 2. The second kappa shape index (κ2) is 7.55. The van der Waals surface area contributed by atoms with Crippen LogP contribution in [0.2, 0.25) is 0 Å². The Kier molecular flexibility index (Phi) is 5.33. The van der Waals surface area contributed by atoms with Crippen LogP contribution in [0.25, 0.3) is 10.2 Å². The van der Waals surface area contributed by atoms with Crippen LogP contribution in [-0.4, -0.2) is 21.4 Å². The molecule has 8 heteroatoms. The monoisotopic (exact) mass is 398 g/mol. The van der Waals surface area contributed by atoms with Crippen molar-refractivity contribution < 1.29 is 14.7 Å². The van der Waals surface area contributed by atoms with E-state index in [0.29, 0.717) is 21.0 Å². The van der Waals surface area contributed by atoms with Crippen molar-refractivity contribution in [3.63, 3.8) is 0 Å². The molecule has 1 N–H and O–H groups in total. The zero-order valence-corrected chi connectivity index (χ0v) is 16.8. The summed E-state index contributed by atoms with van der Waals surface area (Å²) in [7, 11) is 0. The number of rotatable bonds is 5. The smallest absolute Gasteiger partial charge is 0.266 e. The van der Waals surface area contributed by atoms with Gasteiger partial charge in [0.05, 0.1) is 28.6 Å². The lowest BCUT2D eigenvalue weighted by Crippen LogP contribution is -2.38. The minimum absolute atomic E-state index is 0.193. The number of hydrogen-bond donors (Lipinski definition) is 1. The standard InChI is InChI=1S/C20H21N3O4S/c1-5-14(20(26)27)23-9-21-18-15(19(23)25)12(4)16(28-18)17(24)22-13-7-6-10(2)8-11(13)3/h6-9,14H,5H2,1-4H3,(H,22,24)(H,26,27)/p-1/t14-/m1/s1. The Morgan fingerprint density at radius 2 is 2.00 bits per heavy atom. The molecule has 0 unspecified atom stereocenters. The number of nitrogens with zero attached hydrogens (tertiary/aromatic N) is 2. The van der Waals surface area contributed by atoms with Crippen LogP contribution in [-0.2, 0) is 4.79 Å². The summed E-state index contributed by atoms with van der Waals surface area (Å²) in [5.41, 5.74) is 2.73. The van der Waals surface area contributed by atoms with Crippen molar-refractivity contribution in [2.75, 3.05) is 5.32 Å². The molecule has 0 fully saturated rings. The molecule has 3 rings (SSSR count). The van der Waals surface area contributed by atoms with E-state index in [4.69, 9.17) is 0 Å². The lowest BCUT2D eigenvalue weighted by atomic mass is 10.1. The highest BCUT2D eigenvalue weighted by molar-refractivity contribution is 7.20. The molecule has 0 aliphatic heterocycles. The normalized spacial score (nSPS) is 12.1. The van der Waals surface area contributed by atoms with E-state index in [-0.39, 0.29) is 17.7 Å². The Hall–Kier alpha value is -3.00. The number of carbonyl (C=O) groups is 2. The van der Waals surface area contributed by atoms with Gasteiger partial charge in [-0.05, 0) is 44.4 Å². The van der Waals surface area contributed by atoms with E-state index >= 15 is 0 Å². The quantitative estimate of drug-likeness (QED) is 0.710. The first-order valence-electron chi connectivity index (χ1n) is 8.84. The molecule has 1 amide bonds. The number of carbonyl (C=O) groups excluding carboxylic acids is 2. The molecule has 0 saturated carbocycles. The van der Waals surface area contributed by atoms with E-state index in [1.165, 1.54) is 6.33 Å². The van der Waals surface area contributed by atoms with Crippen LogP contribution in [0.5, 0.6) is 0 Å². The minimum Gasteiger partial charge on any atom is -0.548 e. The number of nitrogens with one attached hydrogen (secondary N) is 1. The third-order valence-corrected chi connectivity index (χ3v) is 5.91. The Morgan fingerprint density at radius 1 is 1.29 bits per heavy atom. The zero-order chi connectivity index (χ0) is 20.6. The van der Waals surface area contributed by atoms with Gasteiger partial charge in [-0.2, -0.15) is 0 Å². The van der Waals surface area contributed by atoms with Gasteiger partial charge >= 0.3 is 0 Å². The van der Waals surface area contributed by atoms with Crippen molar-refractivity contribution >= 4 is 39.1 Å². The van der Waals surface area contributed by atoms with Crippen LogP contribution in [0.15, 0.2) is 29.3 Å². The summed E-state index contributed by atoms with van der Waals surface area (Å²) in [6, 6.07) is 4.61. The number of aryl methyl sites for hydroxylation is 3. The summed E-state index contributed by atoms with van der Waals surface area (Å²) in [6.45, 7) is 7.20. The SMILES string of the molecule is CC[C@H](C(=O)[O-])n1cnc2sc(C(=O)Nc3ccc(C)cc3C)c(C)c2c1=O. The summed E-state index contributed by atoms with van der Waals surface area (Å²) in [6.07, 6.45) is 1.40. The van der Waals surface area contributed by atoms with Crippen molar-refractivity contribution in [1.29, 1.82) is 0 Å². The number of amides is 1. The second-order valence-corrected chi connectivity index (χ2v) is 7.71. The number of carboxylic acids is 1. The van der Waals surface area contributed by atoms with Crippen molar-refractivity contribution in [3.05, 3.63) is 56.4 Å². The van der Waals surface area contributed by atoms with Gasteiger partial charge in [-0.15, -0.1) is 11.3 Å². The van der Waals surface area contributed by atoms with Crippen LogP contribution in [0.1, 0.15) is 45.7 Å². The van der Waals surface area contributed by atoms with E-state index < -0.39 is 17.6 Å². The average Bonchev–Trinajstić information content (AvgIpc) is 2.97. The van der Waals surface area contributed by atoms with Crippen molar-refractivity contribution in [1.82, 2.24) is 9.55 Å². The Morgan fingerprint density at radius 3 is 2.61 bits per heavy atom. The molecule has 2 aromatic heterocycles. The third kappa shape index (κ3) is 3.43. The summed E-state index contributed by atoms with van der Waals surface area (Å²) in [5.74, 6) is -1.67. The Bertz CT molecular complexity index is 1150. The minimum atomic E-state index is -1.34. The van der Waals surface area contributed by atoms with Gasteiger partial charge in [-0.25, -0.2) is 4.98 Å². The number of carboxylic acid groups (broad SMARTS) is 1. The Balaban J connectivity index is 2.04. The predicted molar refractivity (Wildman–Crippen MR) is 107 cm³/mol. The lowest BCUT2D eigenvalue weighted by Gasteiger charge is -2.18. The fourth-order valence-corrected chi connectivity index (χ4v) is 4.22. The van der Waals surface area contributed by atoms with Gasteiger partial charge in [0, 0.05) is 5.69 Å². The zero-order valence-electron chi connectivity index (χ0n) is 16.0. The van der Waals surface area contributed by atoms with E-state index in [9.17, 15) is 19.5 Å². The summed E-state index contributed by atoms with van der Waals surface area (Å²) in [4.78, 5) is 41.9. The van der Waals surface area contributed by atoms with Crippen LogP contribution in [0.3, 0.4) is 0 Å². The highest BCUT2D eigenvalue weighted by Crippen LogP contribution is 2.28. The van der Waals surface area contributed by atoms with Gasteiger partial charge in [0.1, 0.15) is 4.83 Å². The summed E-state index contributed by atoms with van der Waals surface area (Å²) < 4.78 is 1.06. The molecule has 1 aromatic carbocycles. The van der Waals surface area contributed by atoms with Gasteiger partial charge in [0.15, 0.2) is 0 Å². The van der Waals surface area contributed by atoms with E-state index in [1.807, 2.05) is 32.0 Å². The van der Waals surface area contributed by atoms with E-state index in [0.717, 1.165) is 27.0 Å². The molecule has 146 valence electrons. The summed E-state index contributed by atoms with van der Waals surface area (Å²) >= 11 is 1.11.